The highest BCUT2D eigenvalue weighted by Crippen LogP contribution is 2.18. The summed E-state index contributed by atoms with van der Waals surface area (Å²) in [5, 5.41) is 17.7. The van der Waals surface area contributed by atoms with Gasteiger partial charge < -0.3 is 15.6 Å². The van der Waals surface area contributed by atoms with Gasteiger partial charge in [0, 0.05) is 41.3 Å². The van der Waals surface area contributed by atoms with Gasteiger partial charge in [-0.1, -0.05) is 48.5 Å². The van der Waals surface area contributed by atoms with Gasteiger partial charge in [-0.3, -0.25) is 19.7 Å². The van der Waals surface area contributed by atoms with Crippen molar-refractivity contribution in [2.24, 2.45) is 0 Å². The molecule has 34 heavy (non-hydrogen) atoms. The van der Waals surface area contributed by atoms with E-state index >= 15 is 0 Å². The Balaban J connectivity index is 1.52. The Hall–Kier alpha value is -4.72. The zero-order valence-electron chi connectivity index (χ0n) is 18.2. The molecule has 0 aliphatic rings. The lowest BCUT2D eigenvalue weighted by molar-refractivity contribution is -0.384. The normalized spacial score (nSPS) is 11.2. The van der Waals surface area contributed by atoms with Crippen molar-refractivity contribution in [3.05, 3.63) is 118 Å². The molecule has 4 rings (SSSR count). The Morgan fingerprint density at radius 3 is 2.53 bits per heavy atom. The molecule has 8 nitrogen and oxygen atoms in total. The maximum Gasteiger partial charge on any atom is 0.270 e. The van der Waals surface area contributed by atoms with Crippen molar-refractivity contribution in [1.29, 1.82) is 0 Å². The maximum absolute atomic E-state index is 13.0. The first kappa shape index (κ1) is 22.5. The Labute approximate surface area is 195 Å². The minimum absolute atomic E-state index is 0.00622. The van der Waals surface area contributed by atoms with Gasteiger partial charge in [0.15, 0.2) is 0 Å². The average molecular weight is 454 g/mol. The fourth-order valence-electron chi connectivity index (χ4n) is 3.58. The number of rotatable bonds is 8. The van der Waals surface area contributed by atoms with Crippen molar-refractivity contribution < 1.29 is 14.5 Å². The molecule has 0 atom stereocenters. The van der Waals surface area contributed by atoms with Crippen molar-refractivity contribution >= 4 is 34.5 Å². The van der Waals surface area contributed by atoms with E-state index in [1.165, 1.54) is 24.3 Å². The lowest BCUT2D eigenvalue weighted by Crippen LogP contribution is -2.35. The molecule has 0 unspecified atom stereocenters. The summed E-state index contributed by atoms with van der Waals surface area (Å²) in [5.74, 6) is -0.945. The summed E-state index contributed by atoms with van der Waals surface area (Å²) in [5.41, 5.74) is 2.78. The highest BCUT2D eigenvalue weighted by atomic mass is 16.6. The summed E-state index contributed by atoms with van der Waals surface area (Å²) in [7, 11) is 0. The summed E-state index contributed by atoms with van der Waals surface area (Å²) < 4.78 is 0. The topological polar surface area (TPSA) is 117 Å². The number of carbonyl (C=O) groups is 2. The quantitative estimate of drug-likeness (QED) is 0.210. The number of para-hydroxylation sites is 1. The number of aromatic amines is 1. The van der Waals surface area contributed by atoms with E-state index in [9.17, 15) is 19.7 Å². The van der Waals surface area contributed by atoms with E-state index in [0.29, 0.717) is 24.1 Å². The van der Waals surface area contributed by atoms with Crippen LogP contribution < -0.4 is 10.6 Å². The highest BCUT2D eigenvalue weighted by Gasteiger charge is 2.15. The van der Waals surface area contributed by atoms with E-state index in [4.69, 9.17) is 0 Å². The Kier molecular flexibility index (Phi) is 6.78. The second kappa shape index (κ2) is 10.3. The molecule has 170 valence electrons. The third-order valence-electron chi connectivity index (χ3n) is 5.28. The summed E-state index contributed by atoms with van der Waals surface area (Å²) in [6, 6.07) is 22.2. The number of carbonyl (C=O) groups excluding carboxylic acids is 2. The van der Waals surface area contributed by atoms with Gasteiger partial charge in [-0.2, -0.15) is 0 Å². The van der Waals surface area contributed by atoms with Crippen molar-refractivity contribution in [3.8, 4) is 0 Å². The number of nitro benzene ring substituents is 1. The van der Waals surface area contributed by atoms with Crippen molar-refractivity contribution in [1.82, 2.24) is 15.6 Å². The van der Waals surface area contributed by atoms with E-state index in [1.807, 2.05) is 30.5 Å². The Bertz CT molecular complexity index is 1380. The highest BCUT2D eigenvalue weighted by molar-refractivity contribution is 6.05. The van der Waals surface area contributed by atoms with Crippen LogP contribution in [0.5, 0.6) is 0 Å². The molecule has 0 spiro atoms. The first-order valence-corrected chi connectivity index (χ1v) is 10.7. The van der Waals surface area contributed by atoms with Gasteiger partial charge in [-0.05, 0) is 41.8 Å². The Morgan fingerprint density at radius 2 is 1.74 bits per heavy atom. The molecule has 3 N–H and O–H groups in total. The van der Waals surface area contributed by atoms with E-state index in [2.05, 4.69) is 15.6 Å². The van der Waals surface area contributed by atoms with Crippen LogP contribution in [-0.2, 0) is 11.2 Å². The molecule has 0 bridgehead atoms. The lowest BCUT2D eigenvalue weighted by atomic mass is 10.1. The zero-order valence-corrected chi connectivity index (χ0v) is 18.2. The molecule has 1 aromatic heterocycles. The van der Waals surface area contributed by atoms with Crippen LogP contribution in [-0.4, -0.2) is 28.3 Å². The third kappa shape index (κ3) is 5.36. The van der Waals surface area contributed by atoms with Crippen LogP contribution in [0.1, 0.15) is 21.5 Å². The number of aromatic nitrogens is 1. The summed E-state index contributed by atoms with van der Waals surface area (Å²) in [6.45, 7) is 0.341. The van der Waals surface area contributed by atoms with Gasteiger partial charge in [0.1, 0.15) is 5.70 Å². The molecule has 0 aliphatic carbocycles. The molecule has 1 heterocycles. The first-order valence-electron chi connectivity index (χ1n) is 10.7. The van der Waals surface area contributed by atoms with Crippen LogP contribution in [0.2, 0.25) is 0 Å². The average Bonchev–Trinajstić information content (AvgIpc) is 3.27. The predicted octanol–water partition coefficient (Wildman–Crippen LogP) is 4.21. The van der Waals surface area contributed by atoms with Crippen molar-refractivity contribution in [2.75, 3.05) is 6.54 Å². The van der Waals surface area contributed by atoms with Crippen molar-refractivity contribution in [3.63, 3.8) is 0 Å². The molecule has 0 aliphatic heterocycles. The molecular formula is C26H22N4O4. The van der Waals surface area contributed by atoms with Crippen LogP contribution >= 0.6 is 0 Å². The fraction of sp³-hybridized carbons (Fsp3) is 0.0769. The van der Waals surface area contributed by atoms with Gasteiger partial charge in [0.05, 0.1) is 4.92 Å². The number of nitrogens with one attached hydrogen (secondary N) is 3. The summed E-state index contributed by atoms with van der Waals surface area (Å²) in [4.78, 5) is 39.5. The number of non-ortho nitro benzene ring substituents is 1. The second-order valence-electron chi connectivity index (χ2n) is 7.60. The first-order chi connectivity index (χ1) is 16.5. The number of benzene rings is 3. The van der Waals surface area contributed by atoms with E-state index < -0.39 is 16.7 Å². The van der Waals surface area contributed by atoms with Crippen LogP contribution in [0.3, 0.4) is 0 Å². The number of fused-ring (bicyclic) bond motifs is 1. The van der Waals surface area contributed by atoms with Gasteiger partial charge in [-0.15, -0.1) is 0 Å². The number of nitro groups is 1. The third-order valence-corrected chi connectivity index (χ3v) is 5.28. The molecule has 0 fully saturated rings. The standard InChI is InChI=1S/C26H22N4O4/c31-25(19-8-2-1-3-9-19)29-24(16-18-7-6-10-21(15-18)30(33)34)26(32)27-14-13-20-17-28-23-12-5-4-11-22(20)23/h1-12,15-17,28H,13-14H2,(H,27,32)(H,29,31)/b24-16+. The zero-order chi connectivity index (χ0) is 23.9. The molecule has 4 aromatic rings. The van der Waals surface area contributed by atoms with Gasteiger partial charge >= 0.3 is 0 Å². The minimum Gasteiger partial charge on any atom is -0.361 e. The van der Waals surface area contributed by atoms with Crippen LogP contribution in [0.25, 0.3) is 17.0 Å². The molecule has 2 amide bonds. The van der Waals surface area contributed by atoms with E-state index in [1.54, 1.807) is 36.4 Å². The van der Waals surface area contributed by atoms with Crippen LogP contribution in [0.4, 0.5) is 5.69 Å². The Morgan fingerprint density at radius 1 is 0.971 bits per heavy atom. The SMILES string of the molecule is O=C(NCCc1c[nH]c2ccccc12)/C(=C\c1cccc([N+](=O)[O-])c1)NC(=O)c1ccccc1. The molecule has 0 radical (unpaired) electrons. The fourth-order valence-corrected chi connectivity index (χ4v) is 3.58. The summed E-state index contributed by atoms with van der Waals surface area (Å²) in [6.07, 6.45) is 3.93. The second-order valence-corrected chi connectivity index (χ2v) is 7.60. The number of amides is 2. The minimum atomic E-state index is -0.513. The summed E-state index contributed by atoms with van der Waals surface area (Å²) >= 11 is 0. The molecular weight excluding hydrogens is 432 g/mol. The molecule has 0 saturated carbocycles. The number of nitrogens with zero attached hydrogens (tertiary/aromatic N) is 1. The lowest BCUT2D eigenvalue weighted by Gasteiger charge is -2.11. The van der Waals surface area contributed by atoms with E-state index in [0.717, 1.165) is 16.5 Å². The van der Waals surface area contributed by atoms with E-state index in [-0.39, 0.29) is 11.4 Å². The molecule has 3 aromatic carbocycles. The smallest absolute Gasteiger partial charge is 0.270 e. The van der Waals surface area contributed by atoms with Crippen LogP contribution in [0, 0.1) is 10.1 Å². The predicted molar refractivity (Wildman–Crippen MR) is 130 cm³/mol. The van der Waals surface area contributed by atoms with Gasteiger partial charge in [-0.25, -0.2) is 0 Å². The van der Waals surface area contributed by atoms with Crippen molar-refractivity contribution in [2.45, 2.75) is 6.42 Å². The molecule has 8 heteroatoms. The number of hydrogen-bond acceptors (Lipinski definition) is 4. The number of hydrogen-bond donors (Lipinski definition) is 3. The monoisotopic (exact) mass is 454 g/mol. The van der Waals surface area contributed by atoms with Gasteiger partial charge in [0.2, 0.25) is 0 Å². The number of H-pyrrole nitrogens is 1. The van der Waals surface area contributed by atoms with Crippen LogP contribution in [0.15, 0.2) is 90.8 Å². The molecule has 0 saturated heterocycles. The van der Waals surface area contributed by atoms with Gasteiger partial charge in [0.25, 0.3) is 17.5 Å². The maximum atomic E-state index is 13.0. The largest absolute Gasteiger partial charge is 0.361 e.